The maximum Gasteiger partial charge on any atom is 0.251 e. The molecule has 22 heavy (non-hydrogen) atoms. The molecule has 0 aliphatic rings. The van der Waals surface area contributed by atoms with Crippen LogP contribution in [0.3, 0.4) is 0 Å². The molecule has 0 aromatic heterocycles. The largest absolute Gasteiger partial charge is 0.398 e. The van der Waals surface area contributed by atoms with Gasteiger partial charge in [-0.2, -0.15) is 0 Å². The van der Waals surface area contributed by atoms with E-state index in [9.17, 15) is 4.79 Å². The summed E-state index contributed by atoms with van der Waals surface area (Å²) in [6.45, 7) is 3.69. The molecule has 0 aliphatic carbocycles. The van der Waals surface area contributed by atoms with Gasteiger partial charge in [0.1, 0.15) is 0 Å². The fourth-order valence-corrected chi connectivity index (χ4v) is 2.37. The maximum absolute atomic E-state index is 12.5. The van der Waals surface area contributed by atoms with Gasteiger partial charge in [-0.3, -0.25) is 4.79 Å². The van der Waals surface area contributed by atoms with E-state index in [0.717, 1.165) is 12.0 Å². The van der Waals surface area contributed by atoms with E-state index >= 15 is 0 Å². The van der Waals surface area contributed by atoms with Gasteiger partial charge in [-0.25, -0.2) is 0 Å². The summed E-state index contributed by atoms with van der Waals surface area (Å²) >= 11 is 0. The van der Waals surface area contributed by atoms with E-state index in [1.807, 2.05) is 37.3 Å². The van der Waals surface area contributed by atoms with E-state index < -0.39 is 0 Å². The summed E-state index contributed by atoms with van der Waals surface area (Å²) in [6.07, 6.45) is 0.807. The lowest BCUT2D eigenvalue weighted by molar-refractivity contribution is 0.0935. The highest BCUT2D eigenvalue weighted by Crippen LogP contribution is 2.19. The molecule has 0 saturated carbocycles. The first kappa shape index (κ1) is 15.8. The van der Waals surface area contributed by atoms with Crippen LogP contribution in [0.1, 0.15) is 47.8 Å². The molecule has 0 bridgehead atoms. The van der Waals surface area contributed by atoms with Crippen molar-refractivity contribution in [1.82, 2.24) is 5.32 Å². The van der Waals surface area contributed by atoms with Gasteiger partial charge in [0, 0.05) is 22.5 Å². The summed E-state index contributed by atoms with van der Waals surface area (Å²) in [5.74, 6) is -0.154. The molecule has 2 rings (SSSR count). The topological polar surface area (TPSA) is 79.0 Å². The lowest BCUT2D eigenvalue weighted by atomic mass is 10.0. The van der Waals surface area contributed by atoms with Crippen LogP contribution in [0.2, 0.25) is 0 Å². The quantitative estimate of drug-likeness (QED) is 0.582. The molecule has 1 unspecified atom stereocenters. The average molecular weight is 295 g/mol. The fraction of sp³-hybridized carbons (Fsp3) is 0.222. The summed E-state index contributed by atoms with van der Waals surface area (Å²) in [5.41, 5.74) is 8.90. The van der Waals surface area contributed by atoms with Crippen LogP contribution in [0.5, 0.6) is 0 Å². The number of anilines is 1. The SMILES string of the molecule is CCC(NC(=O)c1ccc(N)c(C(C)=N)c1)c1ccccc1. The van der Waals surface area contributed by atoms with E-state index in [0.29, 0.717) is 22.5 Å². The second-order valence-corrected chi connectivity index (χ2v) is 5.27. The van der Waals surface area contributed by atoms with Gasteiger partial charge in [-0.05, 0) is 37.1 Å². The van der Waals surface area contributed by atoms with Gasteiger partial charge in [0.2, 0.25) is 0 Å². The predicted octanol–water partition coefficient (Wildman–Crippen LogP) is 3.54. The lowest BCUT2D eigenvalue weighted by Crippen LogP contribution is -2.28. The van der Waals surface area contributed by atoms with Crippen molar-refractivity contribution in [3.05, 3.63) is 65.2 Å². The third-order valence-corrected chi connectivity index (χ3v) is 3.64. The Labute approximate surface area is 130 Å². The number of nitrogens with two attached hydrogens (primary N) is 1. The van der Waals surface area contributed by atoms with Gasteiger partial charge in [-0.1, -0.05) is 37.3 Å². The number of hydrogen-bond acceptors (Lipinski definition) is 3. The Bertz CT molecular complexity index is 680. The smallest absolute Gasteiger partial charge is 0.251 e. The summed E-state index contributed by atoms with van der Waals surface area (Å²) in [4.78, 5) is 12.5. The molecule has 0 heterocycles. The van der Waals surface area contributed by atoms with E-state index in [-0.39, 0.29) is 11.9 Å². The van der Waals surface area contributed by atoms with Gasteiger partial charge in [0.15, 0.2) is 0 Å². The van der Waals surface area contributed by atoms with Crippen LogP contribution in [0.4, 0.5) is 5.69 Å². The predicted molar refractivity (Wildman–Crippen MR) is 90.3 cm³/mol. The Morgan fingerprint density at radius 3 is 2.50 bits per heavy atom. The number of nitrogen functional groups attached to an aromatic ring is 1. The van der Waals surface area contributed by atoms with Crippen molar-refractivity contribution in [2.75, 3.05) is 5.73 Å². The second kappa shape index (κ2) is 6.89. The lowest BCUT2D eigenvalue weighted by Gasteiger charge is -2.18. The van der Waals surface area contributed by atoms with E-state index in [4.69, 9.17) is 11.1 Å². The molecule has 0 aliphatic heterocycles. The van der Waals surface area contributed by atoms with E-state index in [1.165, 1.54) is 0 Å². The highest BCUT2D eigenvalue weighted by Gasteiger charge is 2.15. The van der Waals surface area contributed by atoms with Crippen molar-refractivity contribution in [2.24, 2.45) is 0 Å². The van der Waals surface area contributed by atoms with Crippen molar-refractivity contribution in [1.29, 1.82) is 5.41 Å². The zero-order valence-electron chi connectivity index (χ0n) is 12.9. The Hall–Kier alpha value is -2.62. The van der Waals surface area contributed by atoms with Crippen molar-refractivity contribution >= 4 is 17.3 Å². The molecule has 4 heteroatoms. The summed E-state index contributed by atoms with van der Waals surface area (Å²) in [7, 11) is 0. The molecule has 1 amide bonds. The average Bonchev–Trinajstić information content (AvgIpc) is 2.53. The van der Waals surface area contributed by atoms with E-state index in [1.54, 1.807) is 25.1 Å². The molecule has 2 aromatic carbocycles. The zero-order valence-corrected chi connectivity index (χ0v) is 12.9. The molecule has 4 nitrogen and oxygen atoms in total. The summed E-state index contributed by atoms with van der Waals surface area (Å²) in [5, 5.41) is 10.7. The molecule has 0 fully saturated rings. The molecular weight excluding hydrogens is 274 g/mol. The van der Waals surface area contributed by atoms with Crippen LogP contribution in [0.25, 0.3) is 0 Å². The van der Waals surface area contributed by atoms with Crippen LogP contribution < -0.4 is 11.1 Å². The molecule has 0 radical (unpaired) electrons. The first-order valence-electron chi connectivity index (χ1n) is 7.33. The number of hydrogen-bond donors (Lipinski definition) is 3. The van der Waals surface area contributed by atoms with E-state index in [2.05, 4.69) is 5.32 Å². The zero-order chi connectivity index (χ0) is 16.1. The maximum atomic E-state index is 12.5. The minimum absolute atomic E-state index is 0.0317. The number of nitrogens with one attached hydrogen (secondary N) is 2. The monoisotopic (exact) mass is 295 g/mol. The molecule has 4 N–H and O–H groups in total. The number of rotatable bonds is 5. The van der Waals surface area contributed by atoms with Crippen LogP contribution in [0.15, 0.2) is 48.5 Å². The summed E-state index contributed by atoms with van der Waals surface area (Å²) < 4.78 is 0. The first-order chi connectivity index (χ1) is 10.5. The third-order valence-electron chi connectivity index (χ3n) is 3.64. The minimum atomic E-state index is -0.154. The fourth-order valence-electron chi connectivity index (χ4n) is 2.37. The van der Waals surface area contributed by atoms with Crippen LogP contribution in [-0.4, -0.2) is 11.6 Å². The summed E-state index contributed by atoms with van der Waals surface area (Å²) in [6, 6.07) is 14.9. The van der Waals surface area contributed by atoms with Gasteiger partial charge in [0.25, 0.3) is 5.91 Å². The Balaban J connectivity index is 2.21. The number of carbonyl (C=O) groups excluding carboxylic acids is 1. The highest BCUT2D eigenvalue weighted by molar-refractivity contribution is 6.04. The second-order valence-electron chi connectivity index (χ2n) is 5.27. The molecule has 1 atom stereocenters. The van der Waals surface area contributed by atoms with Crippen molar-refractivity contribution in [2.45, 2.75) is 26.3 Å². The highest BCUT2D eigenvalue weighted by atomic mass is 16.1. The number of benzene rings is 2. The molecule has 0 saturated heterocycles. The standard InChI is InChI=1S/C18H21N3O/c1-3-17(13-7-5-4-6-8-13)21-18(22)14-9-10-16(20)15(11-14)12(2)19/h4-11,17,19H,3,20H2,1-2H3,(H,21,22). The molecule has 2 aromatic rings. The van der Waals surface area contributed by atoms with Crippen molar-refractivity contribution in [3.63, 3.8) is 0 Å². The molecule has 0 spiro atoms. The Kier molecular flexibility index (Phi) is 4.94. The Morgan fingerprint density at radius 1 is 1.23 bits per heavy atom. The van der Waals surface area contributed by atoms with Gasteiger partial charge < -0.3 is 16.5 Å². The van der Waals surface area contributed by atoms with Gasteiger partial charge in [-0.15, -0.1) is 0 Å². The normalized spacial score (nSPS) is 11.7. The number of amides is 1. The number of carbonyl (C=O) groups is 1. The molecular formula is C18H21N3O. The van der Waals surface area contributed by atoms with Crippen LogP contribution >= 0.6 is 0 Å². The first-order valence-corrected chi connectivity index (χ1v) is 7.33. The van der Waals surface area contributed by atoms with Crippen molar-refractivity contribution < 1.29 is 4.79 Å². The Morgan fingerprint density at radius 2 is 1.91 bits per heavy atom. The van der Waals surface area contributed by atoms with Gasteiger partial charge >= 0.3 is 0 Å². The molecule has 114 valence electrons. The van der Waals surface area contributed by atoms with Crippen molar-refractivity contribution in [3.8, 4) is 0 Å². The van der Waals surface area contributed by atoms with Crippen LogP contribution in [-0.2, 0) is 0 Å². The minimum Gasteiger partial charge on any atom is -0.398 e. The third kappa shape index (κ3) is 3.52. The van der Waals surface area contributed by atoms with Crippen LogP contribution in [0, 0.1) is 5.41 Å². The van der Waals surface area contributed by atoms with Gasteiger partial charge in [0.05, 0.1) is 6.04 Å².